The summed E-state index contributed by atoms with van der Waals surface area (Å²) in [5.41, 5.74) is 1.47. The van der Waals surface area contributed by atoms with E-state index in [0.29, 0.717) is 5.56 Å². The van der Waals surface area contributed by atoms with Crippen molar-refractivity contribution < 1.29 is 19.1 Å². The van der Waals surface area contributed by atoms with Crippen LogP contribution in [0.5, 0.6) is 0 Å². The molecule has 0 spiro atoms. The fourth-order valence-electron chi connectivity index (χ4n) is 3.26. The number of ketones is 1. The lowest BCUT2D eigenvalue weighted by Crippen LogP contribution is -2.30. The van der Waals surface area contributed by atoms with E-state index in [1.54, 1.807) is 24.5 Å². The van der Waals surface area contributed by atoms with E-state index in [-0.39, 0.29) is 30.2 Å². The van der Waals surface area contributed by atoms with Crippen LogP contribution in [0.1, 0.15) is 37.4 Å². The van der Waals surface area contributed by atoms with Crippen molar-refractivity contribution in [1.29, 1.82) is 0 Å². The molecule has 2 heterocycles. The number of benzene rings is 1. The quantitative estimate of drug-likeness (QED) is 0.843. The highest BCUT2D eigenvalue weighted by Gasteiger charge is 2.43. The van der Waals surface area contributed by atoms with Gasteiger partial charge in [0.2, 0.25) is 0 Å². The highest BCUT2D eigenvalue weighted by Crippen LogP contribution is 2.39. The summed E-state index contributed by atoms with van der Waals surface area (Å²) in [6, 6.07) is 8.41. The van der Waals surface area contributed by atoms with Crippen molar-refractivity contribution in [2.75, 3.05) is 0 Å². The lowest BCUT2D eigenvalue weighted by Gasteiger charge is -2.27. The Morgan fingerprint density at radius 3 is 2.41 bits per heavy atom. The number of carbonyl (C=O) groups excluding carboxylic acids is 2. The zero-order valence-electron chi connectivity index (χ0n) is 15.2. The van der Waals surface area contributed by atoms with Crippen LogP contribution in [0, 0.1) is 11.7 Å². The summed E-state index contributed by atoms with van der Waals surface area (Å²) < 4.78 is 13.4. The van der Waals surface area contributed by atoms with Gasteiger partial charge in [0, 0.05) is 25.4 Å². The molecular weight excluding hydrogens is 347 g/mol. The Bertz CT molecular complexity index is 876. The van der Waals surface area contributed by atoms with E-state index >= 15 is 0 Å². The predicted octanol–water partition coefficient (Wildman–Crippen LogP) is 3.73. The Hall–Kier alpha value is -3.02. The molecule has 1 amide bonds. The van der Waals surface area contributed by atoms with Crippen LogP contribution in [-0.2, 0) is 16.1 Å². The molecule has 1 aromatic heterocycles. The zero-order valence-corrected chi connectivity index (χ0v) is 15.2. The highest BCUT2D eigenvalue weighted by atomic mass is 19.1. The summed E-state index contributed by atoms with van der Waals surface area (Å²) in [7, 11) is 0. The Balaban J connectivity index is 2.03. The van der Waals surface area contributed by atoms with E-state index in [1.807, 2.05) is 13.8 Å². The third-order valence-electron chi connectivity index (χ3n) is 4.49. The number of Topliss-reactive ketones (excluding diaryl/α,β-unsaturated/α-hetero) is 1. The third kappa shape index (κ3) is 3.89. The number of carbonyl (C=O) groups is 2. The average molecular weight is 368 g/mol. The number of nitrogens with zero attached hydrogens (tertiary/aromatic N) is 2. The van der Waals surface area contributed by atoms with Crippen molar-refractivity contribution in [3.63, 3.8) is 0 Å². The van der Waals surface area contributed by atoms with Gasteiger partial charge in [-0.05, 0) is 41.3 Å². The topological polar surface area (TPSA) is 70.5 Å². The molecule has 3 rings (SSSR count). The summed E-state index contributed by atoms with van der Waals surface area (Å²) in [6.45, 7) is 3.99. The number of aliphatic hydroxyl groups is 1. The smallest absolute Gasteiger partial charge is 0.290 e. The van der Waals surface area contributed by atoms with Gasteiger partial charge in [0.05, 0.1) is 11.6 Å². The molecule has 1 aliphatic heterocycles. The molecule has 2 aromatic rings. The first-order valence-corrected chi connectivity index (χ1v) is 8.80. The van der Waals surface area contributed by atoms with Crippen molar-refractivity contribution in [3.05, 3.63) is 77.1 Å². The maximum Gasteiger partial charge on any atom is 0.290 e. The Morgan fingerprint density at radius 1 is 1.19 bits per heavy atom. The molecule has 1 unspecified atom stereocenters. The van der Waals surface area contributed by atoms with E-state index in [2.05, 4.69) is 4.98 Å². The summed E-state index contributed by atoms with van der Waals surface area (Å²) in [4.78, 5) is 30.9. The highest BCUT2D eigenvalue weighted by molar-refractivity contribution is 6.09. The molecule has 1 atom stereocenters. The van der Waals surface area contributed by atoms with Crippen molar-refractivity contribution in [3.8, 4) is 0 Å². The first kappa shape index (κ1) is 18.8. The van der Waals surface area contributed by atoms with Crippen LogP contribution in [0.15, 0.2) is 60.1 Å². The fourth-order valence-corrected chi connectivity index (χ4v) is 3.26. The van der Waals surface area contributed by atoms with Gasteiger partial charge in [-0.1, -0.05) is 26.0 Å². The monoisotopic (exact) mass is 368 g/mol. The number of hydrogen-bond acceptors (Lipinski definition) is 4. The molecule has 1 aliphatic rings. The minimum absolute atomic E-state index is 0.0781. The van der Waals surface area contributed by atoms with Gasteiger partial charge < -0.3 is 10.0 Å². The van der Waals surface area contributed by atoms with Crippen LogP contribution in [-0.4, -0.2) is 26.7 Å². The van der Waals surface area contributed by atoms with Gasteiger partial charge >= 0.3 is 0 Å². The number of aromatic nitrogens is 1. The third-order valence-corrected chi connectivity index (χ3v) is 4.49. The second kappa shape index (κ2) is 7.70. The first-order valence-electron chi connectivity index (χ1n) is 8.80. The van der Waals surface area contributed by atoms with Gasteiger partial charge in [-0.3, -0.25) is 14.6 Å². The van der Waals surface area contributed by atoms with Crippen LogP contribution in [0.2, 0.25) is 0 Å². The Kier molecular flexibility index (Phi) is 5.35. The normalized spacial score (nSPS) is 17.1. The number of rotatable bonds is 6. The van der Waals surface area contributed by atoms with Gasteiger partial charge in [0.15, 0.2) is 11.5 Å². The summed E-state index contributed by atoms with van der Waals surface area (Å²) in [6.07, 6.45) is 3.44. The molecule has 0 radical (unpaired) electrons. The molecule has 1 N–H and O–H groups in total. The average Bonchev–Trinajstić information content (AvgIpc) is 2.88. The number of halogens is 1. The fraction of sp³-hybridized carbons (Fsp3) is 0.286. The van der Waals surface area contributed by atoms with Gasteiger partial charge in [0.25, 0.3) is 5.91 Å². The van der Waals surface area contributed by atoms with Crippen LogP contribution in [0.3, 0.4) is 0 Å². The van der Waals surface area contributed by atoms with Crippen molar-refractivity contribution in [2.45, 2.75) is 32.9 Å². The SMILES string of the molecule is CC(C)CC(=O)C1=C(O)C(=O)N(Cc2ccncc2)C1c1ccc(F)cc1. The summed E-state index contributed by atoms with van der Waals surface area (Å²) >= 11 is 0. The van der Waals surface area contributed by atoms with Gasteiger partial charge in [-0.25, -0.2) is 4.39 Å². The molecule has 27 heavy (non-hydrogen) atoms. The van der Waals surface area contributed by atoms with E-state index in [0.717, 1.165) is 5.56 Å². The molecule has 140 valence electrons. The molecule has 6 heteroatoms. The molecular formula is C21H21FN2O3. The van der Waals surface area contributed by atoms with Crippen molar-refractivity contribution in [1.82, 2.24) is 9.88 Å². The molecule has 1 aromatic carbocycles. The maximum absolute atomic E-state index is 13.4. The minimum atomic E-state index is -0.752. The predicted molar refractivity (Wildman–Crippen MR) is 98.0 cm³/mol. The van der Waals surface area contributed by atoms with Crippen LogP contribution in [0.25, 0.3) is 0 Å². The lowest BCUT2D eigenvalue weighted by molar-refractivity contribution is -0.130. The lowest BCUT2D eigenvalue weighted by atomic mass is 9.92. The summed E-state index contributed by atoms with van der Waals surface area (Å²) in [5, 5.41) is 10.5. The van der Waals surface area contributed by atoms with E-state index in [4.69, 9.17) is 0 Å². The molecule has 0 aliphatic carbocycles. The van der Waals surface area contributed by atoms with Gasteiger partial charge in [-0.2, -0.15) is 0 Å². The van der Waals surface area contributed by atoms with Crippen LogP contribution < -0.4 is 0 Å². The second-order valence-electron chi connectivity index (χ2n) is 7.03. The largest absolute Gasteiger partial charge is 0.503 e. The van der Waals surface area contributed by atoms with E-state index in [1.165, 1.54) is 29.2 Å². The Labute approximate surface area is 157 Å². The minimum Gasteiger partial charge on any atom is -0.503 e. The van der Waals surface area contributed by atoms with Crippen molar-refractivity contribution in [2.24, 2.45) is 5.92 Å². The number of aliphatic hydroxyl groups excluding tert-OH is 1. The second-order valence-corrected chi connectivity index (χ2v) is 7.03. The number of hydrogen-bond donors (Lipinski definition) is 1. The van der Waals surface area contributed by atoms with Gasteiger partial charge in [-0.15, -0.1) is 0 Å². The standard InChI is InChI=1S/C21H21FN2O3/c1-13(2)11-17(25)18-19(15-3-5-16(22)6-4-15)24(21(27)20(18)26)12-14-7-9-23-10-8-14/h3-10,13,19,26H,11-12H2,1-2H3. The Morgan fingerprint density at radius 2 is 1.81 bits per heavy atom. The van der Waals surface area contributed by atoms with Crippen LogP contribution in [0.4, 0.5) is 4.39 Å². The zero-order chi connectivity index (χ0) is 19.6. The molecule has 0 saturated heterocycles. The number of pyridine rings is 1. The van der Waals surface area contributed by atoms with Gasteiger partial charge in [0.1, 0.15) is 5.82 Å². The molecule has 0 saturated carbocycles. The number of amides is 1. The van der Waals surface area contributed by atoms with E-state index in [9.17, 15) is 19.1 Å². The summed E-state index contributed by atoms with van der Waals surface area (Å²) in [5.74, 6) is -1.73. The van der Waals surface area contributed by atoms with E-state index < -0.39 is 23.5 Å². The van der Waals surface area contributed by atoms with Crippen molar-refractivity contribution >= 4 is 11.7 Å². The molecule has 0 fully saturated rings. The van der Waals surface area contributed by atoms with Crippen LogP contribution >= 0.6 is 0 Å². The molecule has 5 nitrogen and oxygen atoms in total. The molecule has 0 bridgehead atoms. The maximum atomic E-state index is 13.4. The first-order chi connectivity index (χ1) is 12.9.